The smallest absolute Gasteiger partial charge is 0.298 e. The average Bonchev–Trinajstić information content (AvgIpc) is 3.00. The Hall–Kier alpha value is -2.39. The van der Waals surface area contributed by atoms with Gasteiger partial charge in [-0.1, -0.05) is 6.07 Å². The molecule has 0 atom stereocenters. The molecule has 2 aromatic heterocycles. The van der Waals surface area contributed by atoms with Crippen molar-refractivity contribution in [2.24, 2.45) is 0 Å². The Morgan fingerprint density at radius 1 is 1.39 bits per heavy atom. The van der Waals surface area contributed by atoms with Crippen LogP contribution in [0, 0.1) is 11.3 Å². The van der Waals surface area contributed by atoms with Gasteiger partial charge in [0, 0.05) is 6.92 Å². The molecule has 0 unspecified atom stereocenters. The van der Waals surface area contributed by atoms with Crippen LogP contribution in [0.2, 0.25) is 0 Å². The van der Waals surface area contributed by atoms with E-state index in [9.17, 15) is 9.59 Å². The molecule has 0 bridgehead atoms. The fraction of sp³-hybridized carbons (Fsp3) is 0.0833. The summed E-state index contributed by atoms with van der Waals surface area (Å²) in [5.41, 5.74) is 1.81. The summed E-state index contributed by atoms with van der Waals surface area (Å²) in [4.78, 5) is 26.4. The number of rotatable bonds is 1. The quantitative estimate of drug-likeness (QED) is 0.771. The van der Waals surface area contributed by atoms with Crippen LogP contribution in [0.4, 0.5) is 5.69 Å². The third-order valence-electron chi connectivity index (χ3n) is 2.29. The van der Waals surface area contributed by atoms with Crippen molar-refractivity contribution in [3.05, 3.63) is 29.3 Å². The highest BCUT2D eigenvalue weighted by Gasteiger charge is 2.30. The Morgan fingerprint density at radius 2 is 2.11 bits per heavy atom. The molecule has 5 nitrogen and oxygen atoms in total. The molecule has 3 heterocycles. The maximum absolute atomic E-state index is 11.3. The zero-order valence-electron chi connectivity index (χ0n) is 9.48. The number of amides is 1. The lowest BCUT2D eigenvalue weighted by Crippen LogP contribution is -2.13. The van der Waals surface area contributed by atoms with Crippen LogP contribution in [0.5, 0.6) is 0 Å². The number of thiophene rings is 1. The molecule has 0 fully saturated rings. The maximum atomic E-state index is 11.3. The lowest BCUT2D eigenvalue weighted by molar-refractivity contribution is -0.112. The van der Waals surface area contributed by atoms with Gasteiger partial charge in [0.2, 0.25) is 0 Å². The summed E-state index contributed by atoms with van der Waals surface area (Å²) >= 11 is 1.58. The van der Waals surface area contributed by atoms with Gasteiger partial charge in [0.25, 0.3) is 11.7 Å². The first-order valence-electron chi connectivity index (χ1n) is 5.10. The molecule has 1 amide bonds. The van der Waals surface area contributed by atoms with Gasteiger partial charge in [-0.25, -0.2) is 0 Å². The van der Waals surface area contributed by atoms with Crippen molar-refractivity contribution in [3.63, 3.8) is 0 Å². The standard InChI is InChI=1S/C10H6N2O2S.C2H3N/c13-9-8-6(12-10(9)14)4-5(11-8)7-2-1-3-15-7;1-2-3/h1-4,11H,(H,12,13,14);1H3. The van der Waals surface area contributed by atoms with Gasteiger partial charge in [-0.2, -0.15) is 5.26 Å². The van der Waals surface area contributed by atoms with Crippen LogP contribution < -0.4 is 5.32 Å². The van der Waals surface area contributed by atoms with Crippen molar-refractivity contribution in [1.82, 2.24) is 4.98 Å². The molecular formula is C12H9N3O2S. The number of fused-ring (bicyclic) bond motifs is 1. The Labute approximate surface area is 107 Å². The van der Waals surface area contributed by atoms with E-state index in [-0.39, 0.29) is 0 Å². The Kier molecular flexibility index (Phi) is 3.26. The van der Waals surface area contributed by atoms with Crippen molar-refractivity contribution < 1.29 is 9.59 Å². The molecule has 0 aromatic carbocycles. The van der Waals surface area contributed by atoms with Gasteiger partial charge in [0.1, 0.15) is 5.69 Å². The van der Waals surface area contributed by atoms with E-state index in [1.807, 2.05) is 17.5 Å². The summed E-state index contributed by atoms with van der Waals surface area (Å²) in [5.74, 6) is -1.05. The van der Waals surface area contributed by atoms with Gasteiger partial charge < -0.3 is 10.3 Å². The SMILES string of the molecule is CC#N.O=C1Nc2cc(-c3cccs3)[nH]c2C1=O. The van der Waals surface area contributed by atoms with E-state index in [1.54, 1.807) is 23.5 Å². The summed E-state index contributed by atoms with van der Waals surface area (Å²) < 4.78 is 0. The summed E-state index contributed by atoms with van der Waals surface area (Å²) in [5, 5.41) is 11.8. The fourth-order valence-corrected chi connectivity index (χ4v) is 2.29. The molecule has 18 heavy (non-hydrogen) atoms. The second kappa shape index (κ2) is 4.85. The third-order valence-corrected chi connectivity index (χ3v) is 3.19. The van der Waals surface area contributed by atoms with Crippen LogP contribution in [-0.2, 0) is 4.79 Å². The number of ketones is 1. The van der Waals surface area contributed by atoms with E-state index in [2.05, 4.69) is 10.3 Å². The number of anilines is 1. The van der Waals surface area contributed by atoms with E-state index >= 15 is 0 Å². The van der Waals surface area contributed by atoms with E-state index in [4.69, 9.17) is 5.26 Å². The number of carbonyl (C=O) groups excluding carboxylic acids is 2. The number of carbonyl (C=O) groups is 2. The minimum Gasteiger partial charge on any atom is -0.349 e. The monoisotopic (exact) mass is 259 g/mol. The lowest BCUT2D eigenvalue weighted by Gasteiger charge is -1.92. The molecule has 1 aliphatic rings. The number of nitrogens with zero attached hydrogens (tertiary/aromatic N) is 1. The topological polar surface area (TPSA) is 85.8 Å². The van der Waals surface area contributed by atoms with Crippen LogP contribution in [0.3, 0.4) is 0 Å². The summed E-state index contributed by atoms with van der Waals surface area (Å²) in [6.45, 7) is 1.43. The molecular weight excluding hydrogens is 250 g/mol. The van der Waals surface area contributed by atoms with Gasteiger partial charge in [-0.05, 0) is 17.5 Å². The first-order valence-corrected chi connectivity index (χ1v) is 5.98. The predicted molar refractivity (Wildman–Crippen MR) is 68.4 cm³/mol. The van der Waals surface area contributed by atoms with Crippen LogP contribution in [-0.4, -0.2) is 16.7 Å². The zero-order valence-corrected chi connectivity index (χ0v) is 10.3. The highest BCUT2D eigenvalue weighted by molar-refractivity contribution is 7.13. The Bertz CT molecular complexity index is 635. The van der Waals surface area contributed by atoms with Crippen LogP contribution in [0.1, 0.15) is 17.4 Å². The van der Waals surface area contributed by atoms with E-state index < -0.39 is 11.7 Å². The van der Waals surface area contributed by atoms with E-state index in [0.29, 0.717) is 11.4 Å². The lowest BCUT2D eigenvalue weighted by atomic mass is 10.3. The fourth-order valence-electron chi connectivity index (χ4n) is 1.59. The molecule has 6 heteroatoms. The van der Waals surface area contributed by atoms with Gasteiger partial charge in [0.05, 0.1) is 22.3 Å². The molecule has 0 saturated heterocycles. The molecule has 3 rings (SSSR count). The van der Waals surface area contributed by atoms with Crippen LogP contribution >= 0.6 is 11.3 Å². The second-order valence-electron chi connectivity index (χ2n) is 3.46. The third kappa shape index (κ3) is 2.04. The first-order chi connectivity index (χ1) is 8.67. The zero-order chi connectivity index (χ0) is 13.1. The van der Waals surface area contributed by atoms with Gasteiger partial charge in [0.15, 0.2) is 0 Å². The largest absolute Gasteiger partial charge is 0.349 e. The van der Waals surface area contributed by atoms with E-state index in [0.717, 1.165) is 10.6 Å². The summed E-state index contributed by atoms with van der Waals surface area (Å²) in [7, 11) is 0. The number of aromatic nitrogens is 1. The molecule has 0 aliphatic carbocycles. The molecule has 90 valence electrons. The normalized spacial score (nSPS) is 12.2. The maximum Gasteiger partial charge on any atom is 0.298 e. The summed E-state index contributed by atoms with van der Waals surface area (Å²) in [6, 6.07) is 7.42. The van der Waals surface area contributed by atoms with E-state index in [1.165, 1.54) is 6.92 Å². The van der Waals surface area contributed by atoms with Crippen LogP contribution in [0.25, 0.3) is 10.6 Å². The molecule has 2 aromatic rings. The molecule has 0 spiro atoms. The van der Waals surface area contributed by atoms with Gasteiger partial charge >= 0.3 is 0 Å². The number of Topliss-reactive ketones (excluding diaryl/α,β-unsaturated/α-hetero) is 1. The number of hydrogen-bond donors (Lipinski definition) is 2. The Balaban J connectivity index is 0.000000367. The van der Waals surface area contributed by atoms with Crippen molar-refractivity contribution in [3.8, 4) is 16.6 Å². The van der Waals surface area contributed by atoms with Crippen LogP contribution in [0.15, 0.2) is 23.6 Å². The molecule has 2 N–H and O–H groups in total. The minimum atomic E-state index is -0.561. The molecule has 0 radical (unpaired) electrons. The van der Waals surface area contributed by atoms with Crippen molar-refractivity contribution in [1.29, 1.82) is 5.26 Å². The predicted octanol–water partition coefficient (Wildman–Crippen LogP) is 2.41. The van der Waals surface area contributed by atoms with Crippen molar-refractivity contribution >= 4 is 28.7 Å². The highest BCUT2D eigenvalue weighted by atomic mass is 32.1. The van der Waals surface area contributed by atoms with Gasteiger partial charge in [-0.3, -0.25) is 9.59 Å². The Morgan fingerprint density at radius 3 is 2.67 bits per heavy atom. The number of nitrogens with one attached hydrogen (secondary N) is 2. The first kappa shape index (κ1) is 12.1. The molecule has 0 saturated carbocycles. The number of hydrogen-bond acceptors (Lipinski definition) is 4. The minimum absolute atomic E-state index is 0.364. The summed E-state index contributed by atoms with van der Waals surface area (Å²) in [6.07, 6.45) is 0. The molecule has 1 aliphatic heterocycles. The number of nitriles is 1. The second-order valence-corrected chi connectivity index (χ2v) is 4.40. The highest BCUT2D eigenvalue weighted by Crippen LogP contribution is 2.31. The van der Waals surface area contributed by atoms with Crippen molar-refractivity contribution in [2.75, 3.05) is 5.32 Å². The van der Waals surface area contributed by atoms with Crippen molar-refractivity contribution in [2.45, 2.75) is 6.92 Å². The number of aromatic amines is 1. The average molecular weight is 259 g/mol. The number of H-pyrrole nitrogens is 1. The van der Waals surface area contributed by atoms with Gasteiger partial charge in [-0.15, -0.1) is 11.3 Å².